The van der Waals surface area contributed by atoms with Gasteiger partial charge in [0.05, 0.1) is 6.54 Å². The van der Waals surface area contributed by atoms with Crippen LogP contribution < -0.4 is 15.4 Å². The minimum atomic E-state index is -4.66. The number of nitrogens with one attached hydrogen (secondary N) is 2. The third kappa shape index (κ3) is 7.35. The Bertz CT molecular complexity index is 1120. The normalized spacial score (nSPS) is 15.9. The molecule has 2 N–H and O–H groups in total. The van der Waals surface area contributed by atoms with Crippen LogP contribution in [0.2, 0.25) is 5.02 Å². The number of ether oxygens (including phenoxy) is 1. The summed E-state index contributed by atoms with van der Waals surface area (Å²) in [5.74, 6) is -0.714. The maximum Gasteiger partial charge on any atom is 0.433 e. The Labute approximate surface area is 211 Å². The first kappa shape index (κ1) is 26.8. The van der Waals surface area contributed by atoms with Gasteiger partial charge in [-0.05, 0) is 62.6 Å². The molecule has 1 aromatic heterocycles. The minimum Gasteiger partial charge on any atom is -0.447 e. The Morgan fingerprint density at radius 3 is 2.51 bits per heavy atom. The second kappa shape index (κ2) is 10.9. The molecule has 2 aromatic rings. The molecule has 1 amide bonds. The predicted molar refractivity (Wildman–Crippen MR) is 128 cm³/mol. The lowest BCUT2D eigenvalue weighted by Gasteiger charge is -2.31. The van der Waals surface area contributed by atoms with E-state index in [-0.39, 0.29) is 5.92 Å². The van der Waals surface area contributed by atoms with Gasteiger partial charge >= 0.3 is 12.2 Å². The van der Waals surface area contributed by atoms with E-state index in [1.807, 2.05) is 31.3 Å². The molecule has 11 heteroatoms. The van der Waals surface area contributed by atoms with Crippen LogP contribution in [0.4, 0.5) is 13.2 Å². The fourth-order valence-corrected chi connectivity index (χ4v) is 3.84. The van der Waals surface area contributed by atoms with E-state index in [4.69, 9.17) is 27.9 Å². The Kier molecular flexibility index (Phi) is 8.33. The number of aromatic nitrogens is 2. The third-order valence-electron chi connectivity index (χ3n) is 5.44. The number of allylic oxidation sites excluding steroid dienone is 1. The number of nitrogens with zero attached hydrogens (tertiary/aromatic N) is 2. The molecule has 2 atom stereocenters. The molecule has 0 saturated heterocycles. The first-order valence-corrected chi connectivity index (χ1v) is 11.5. The highest BCUT2D eigenvalue weighted by Crippen LogP contribution is 2.29. The van der Waals surface area contributed by atoms with Gasteiger partial charge < -0.3 is 15.4 Å². The van der Waals surface area contributed by atoms with Crippen molar-refractivity contribution >= 4 is 29.1 Å². The summed E-state index contributed by atoms with van der Waals surface area (Å²) in [4.78, 5) is 20.2. The highest BCUT2D eigenvalue weighted by Gasteiger charge is 2.36. The summed E-state index contributed by atoms with van der Waals surface area (Å²) in [5.41, 5.74) is -0.806. The molecule has 0 aliphatic carbocycles. The molecular formula is C24H25Cl2F3N4O2. The highest BCUT2D eigenvalue weighted by molar-refractivity contribution is 6.30. The Morgan fingerprint density at radius 1 is 1.20 bits per heavy atom. The first-order chi connectivity index (χ1) is 16.3. The van der Waals surface area contributed by atoms with Crippen LogP contribution in [0, 0.1) is 5.92 Å². The molecule has 0 fully saturated rings. The van der Waals surface area contributed by atoms with Gasteiger partial charge in [0.25, 0.3) is 5.91 Å². The molecular weight excluding hydrogens is 504 g/mol. The highest BCUT2D eigenvalue weighted by atomic mass is 35.5. The van der Waals surface area contributed by atoms with Crippen LogP contribution in [0.25, 0.3) is 0 Å². The number of hydrogen-bond acceptors (Lipinski definition) is 5. The molecule has 0 spiro atoms. The van der Waals surface area contributed by atoms with Crippen LogP contribution in [-0.4, -0.2) is 34.1 Å². The van der Waals surface area contributed by atoms with Gasteiger partial charge in [-0.25, -0.2) is 4.98 Å². The van der Waals surface area contributed by atoms with Crippen molar-refractivity contribution < 1.29 is 22.7 Å². The first-order valence-electron chi connectivity index (χ1n) is 10.8. The van der Waals surface area contributed by atoms with Gasteiger partial charge in [0.15, 0.2) is 11.3 Å². The average molecular weight is 529 g/mol. The zero-order valence-electron chi connectivity index (χ0n) is 19.3. The van der Waals surface area contributed by atoms with Gasteiger partial charge in [-0.15, -0.1) is 0 Å². The van der Waals surface area contributed by atoms with E-state index in [0.717, 1.165) is 23.4 Å². The molecule has 188 valence electrons. The Balaban J connectivity index is 1.77. The van der Waals surface area contributed by atoms with Crippen molar-refractivity contribution in [1.82, 2.24) is 20.6 Å². The van der Waals surface area contributed by atoms with Crippen molar-refractivity contribution in [3.63, 3.8) is 0 Å². The number of dihydropyridines is 1. The molecule has 0 bridgehead atoms. The summed E-state index contributed by atoms with van der Waals surface area (Å²) in [5, 5.41) is 7.29. The van der Waals surface area contributed by atoms with E-state index in [2.05, 4.69) is 20.6 Å². The number of halogens is 5. The van der Waals surface area contributed by atoms with E-state index in [1.54, 1.807) is 12.1 Å². The maximum atomic E-state index is 13.1. The summed E-state index contributed by atoms with van der Waals surface area (Å²) in [7, 11) is 0. The van der Waals surface area contributed by atoms with Gasteiger partial charge in [0.1, 0.15) is 0 Å². The average Bonchev–Trinajstić information content (AvgIpc) is 2.78. The number of carbonyl (C=O) groups is 1. The van der Waals surface area contributed by atoms with Crippen LogP contribution in [0.1, 0.15) is 32.0 Å². The Hall–Kier alpha value is -2.78. The molecule has 35 heavy (non-hydrogen) atoms. The van der Waals surface area contributed by atoms with E-state index in [9.17, 15) is 18.0 Å². The number of alkyl halides is 3. The van der Waals surface area contributed by atoms with Crippen molar-refractivity contribution in [3.05, 3.63) is 75.7 Å². The zero-order chi connectivity index (χ0) is 25.8. The number of carbonyl (C=O) groups excluding carboxylic acids is 1. The van der Waals surface area contributed by atoms with Crippen LogP contribution >= 0.6 is 23.2 Å². The number of benzene rings is 1. The van der Waals surface area contributed by atoms with E-state index < -0.39 is 35.4 Å². The lowest BCUT2D eigenvalue weighted by Crippen LogP contribution is -2.51. The molecule has 1 aliphatic heterocycles. The molecule has 0 saturated carbocycles. The Morgan fingerprint density at radius 2 is 1.89 bits per heavy atom. The molecule has 0 radical (unpaired) electrons. The summed E-state index contributed by atoms with van der Waals surface area (Å²) >= 11 is 12.2. The van der Waals surface area contributed by atoms with Crippen molar-refractivity contribution in [2.45, 2.75) is 45.0 Å². The molecule has 1 aliphatic rings. The van der Waals surface area contributed by atoms with Crippen molar-refractivity contribution in [2.75, 3.05) is 6.54 Å². The van der Waals surface area contributed by atoms with Crippen LogP contribution in [0.3, 0.4) is 0 Å². The molecule has 3 rings (SSSR count). The zero-order valence-corrected chi connectivity index (χ0v) is 20.8. The number of rotatable bonds is 8. The van der Waals surface area contributed by atoms with Gasteiger partial charge in [0, 0.05) is 34.4 Å². The van der Waals surface area contributed by atoms with Crippen LogP contribution in [0.15, 0.2) is 59.4 Å². The topological polar surface area (TPSA) is 76.1 Å². The van der Waals surface area contributed by atoms with Crippen molar-refractivity contribution in [3.8, 4) is 6.01 Å². The standard InChI is InChI=1S/C24H25Cl2F3N4O2/c1-14(19(16-11-18(26)13-30-12-16)10-15-4-6-17(25)7-5-15)32-21(34)23(2,3)35-22-31-9-8-20(33-22)24(27,28)29/h4-9,11-12,14,19,30H,10,13H2,1-3H3,(H,32,34). The number of hydrogen-bond donors (Lipinski definition) is 2. The third-order valence-corrected chi connectivity index (χ3v) is 5.93. The molecule has 1 aromatic carbocycles. The van der Waals surface area contributed by atoms with E-state index >= 15 is 0 Å². The second-order valence-corrected chi connectivity index (χ2v) is 9.57. The monoisotopic (exact) mass is 528 g/mol. The SMILES string of the molecule is CC(NC(=O)C(C)(C)Oc1nccc(C(F)(F)F)n1)C(Cc1ccc(Cl)cc1)C1=CNCC(Cl)=C1. The summed E-state index contributed by atoms with van der Waals surface area (Å²) in [6.45, 7) is 5.22. The van der Waals surface area contributed by atoms with Crippen molar-refractivity contribution in [1.29, 1.82) is 0 Å². The summed E-state index contributed by atoms with van der Waals surface area (Å²) in [6.07, 6.45) is 0.563. The quantitative estimate of drug-likeness (QED) is 0.487. The minimum absolute atomic E-state index is 0.178. The molecule has 2 unspecified atom stereocenters. The van der Waals surface area contributed by atoms with Crippen molar-refractivity contribution in [2.24, 2.45) is 5.92 Å². The summed E-state index contributed by atoms with van der Waals surface area (Å²) in [6, 6.07) is 7.19. The van der Waals surface area contributed by atoms with Gasteiger partial charge in [0.2, 0.25) is 0 Å². The van der Waals surface area contributed by atoms with E-state index in [0.29, 0.717) is 23.0 Å². The van der Waals surface area contributed by atoms with Crippen LogP contribution in [0.5, 0.6) is 6.01 Å². The largest absolute Gasteiger partial charge is 0.447 e. The van der Waals surface area contributed by atoms with Crippen LogP contribution in [-0.2, 0) is 17.4 Å². The lowest BCUT2D eigenvalue weighted by atomic mass is 9.85. The fourth-order valence-electron chi connectivity index (χ4n) is 3.52. The fraction of sp³-hybridized carbons (Fsp3) is 0.375. The van der Waals surface area contributed by atoms with E-state index in [1.165, 1.54) is 13.8 Å². The van der Waals surface area contributed by atoms with Gasteiger partial charge in [-0.2, -0.15) is 18.2 Å². The molecule has 6 nitrogen and oxygen atoms in total. The second-order valence-electron chi connectivity index (χ2n) is 8.65. The number of amides is 1. The summed E-state index contributed by atoms with van der Waals surface area (Å²) < 4.78 is 44.4. The van der Waals surface area contributed by atoms with Gasteiger partial charge in [-0.1, -0.05) is 35.3 Å². The smallest absolute Gasteiger partial charge is 0.433 e. The van der Waals surface area contributed by atoms with Gasteiger partial charge in [-0.3, -0.25) is 4.79 Å². The predicted octanol–water partition coefficient (Wildman–Crippen LogP) is 5.28. The molecule has 2 heterocycles. The maximum absolute atomic E-state index is 13.1. The lowest BCUT2D eigenvalue weighted by molar-refractivity contribution is -0.142.